The van der Waals surface area contributed by atoms with Crippen LogP contribution in [0.1, 0.15) is 26.5 Å². The minimum absolute atomic E-state index is 0.660. The Labute approximate surface area is 96.5 Å². The number of fused-ring (bicyclic) bond motifs is 1. The van der Waals surface area contributed by atoms with Gasteiger partial charge in [-0.2, -0.15) is 0 Å². The summed E-state index contributed by atoms with van der Waals surface area (Å²) in [6.07, 6.45) is 1.58. The predicted octanol–water partition coefficient (Wildman–Crippen LogP) is 3.36. The number of ether oxygens (including phenoxy) is 1. The van der Waals surface area contributed by atoms with Crippen molar-refractivity contribution in [1.82, 2.24) is 9.97 Å². The molecule has 0 radical (unpaired) electrons. The average Bonchev–Trinajstić information content (AvgIpc) is 2.32. The zero-order valence-electron chi connectivity index (χ0n) is 10.3. The van der Waals surface area contributed by atoms with E-state index in [0.717, 1.165) is 22.3 Å². The zero-order valence-corrected chi connectivity index (χ0v) is 10.3. The van der Waals surface area contributed by atoms with E-state index in [9.17, 15) is 0 Å². The molecule has 3 nitrogen and oxygen atoms in total. The molecule has 0 amide bonds. The molecule has 0 aliphatic rings. The smallest absolute Gasteiger partial charge is 0.130 e. The van der Waals surface area contributed by atoms with Crippen LogP contribution in [-0.4, -0.2) is 16.6 Å². The van der Waals surface area contributed by atoms with Crippen molar-refractivity contribution in [3.8, 4) is 5.75 Å². The Kier molecular flexibility index (Phi) is 4.70. The van der Waals surface area contributed by atoms with Gasteiger partial charge in [0.05, 0.1) is 23.2 Å². The minimum Gasteiger partial charge on any atom is -0.493 e. The fourth-order valence-electron chi connectivity index (χ4n) is 1.51. The maximum absolute atomic E-state index is 5.52. The van der Waals surface area contributed by atoms with Gasteiger partial charge in [0.25, 0.3) is 0 Å². The van der Waals surface area contributed by atoms with Gasteiger partial charge in [-0.05, 0) is 26.0 Å². The van der Waals surface area contributed by atoms with Crippen LogP contribution in [0.2, 0.25) is 0 Å². The van der Waals surface area contributed by atoms with Crippen LogP contribution in [0.3, 0.4) is 0 Å². The van der Waals surface area contributed by atoms with E-state index in [2.05, 4.69) is 9.97 Å². The maximum Gasteiger partial charge on any atom is 0.130 e. The van der Waals surface area contributed by atoms with E-state index in [1.54, 1.807) is 6.33 Å². The monoisotopic (exact) mass is 218 g/mol. The Bertz CT molecular complexity index is 449. The molecule has 0 atom stereocenters. The second kappa shape index (κ2) is 6.05. The van der Waals surface area contributed by atoms with E-state index >= 15 is 0 Å². The molecule has 0 fully saturated rings. The Morgan fingerprint density at radius 1 is 1.19 bits per heavy atom. The first-order valence-corrected chi connectivity index (χ1v) is 5.66. The van der Waals surface area contributed by atoms with Crippen LogP contribution < -0.4 is 4.74 Å². The lowest BCUT2D eigenvalue weighted by Gasteiger charge is -2.07. The average molecular weight is 218 g/mol. The van der Waals surface area contributed by atoms with Gasteiger partial charge in [0, 0.05) is 0 Å². The van der Waals surface area contributed by atoms with Gasteiger partial charge in [-0.1, -0.05) is 19.9 Å². The van der Waals surface area contributed by atoms with Gasteiger partial charge in [-0.25, -0.2) is 9.97 Å². The molecule has 0 bridgehead atoms. The summed E-state index contributed by atoms with van der Waals surface area (Å²) in [6, 6.07) is 5.86. The first kappa shape index (κ1) is 12.4. The lowest BCUT2D eigenvalue weighted by atomic mass is 10.2. The van der Waals surface area contributed by atoms with Crippen LogP contribution in [0.4, 0.5) is 0 Å². The lowest BCUT2D eigenvalue weighted by molar-refractivity contribution is 0.344. The molecule has 0 saturated heterocycles. The number of aryl methyl sites for hydroxylation is 1. The highest BCUT2D eigenvalue weighted by Crippen LogP contribution is 2.25. The molecular formula is C13H18N2O. The molecule has 2 aromatic rings. The predicted molar refractivity (Wildman–Crippen MR) is 66.8 cm³/mol. The summed E-state index contributed by atoms with van der Waals surface area (Å²) < 4.78 is 5.52. The number of hydrogen-bond donors (Lipinski definition) is 0. The highest BCUT2D eigenvalue weighted by molar-refractivity contribution is 5.86. The molecule has 0 aliphatic heterocycles. The number of aromatic nitrogens is 2. The van der Waals surface area contributed by atoms with Gasteiger partial charge in [0.2, 0.25) is 0 Å². The van der Waals surface area contributed by atoms with Crippen LogP contribution in [0.15, 0.2) is 24.5 Å². The van der Waals surface area contributed by atoms with Gasteiger partial charge < -0.3 is 4.74 Å². The summed E-state index contributed by atoms with van der Waals surface area (Å²) in [5.74, 6) is 0.864. The van der Waals surface area contributed by atoms with Crippen molar-refractivity contribution < 1.29 is 4.74 Å². The quantitative estimate of drug-likeness (QED) is 0.775. The highest BCUT2D eigenvalue weighted by atomic mass is 16.5. The van der Waals surface area contributed by atoms with Crippen LogP contribution >= 0.6 is 0 Å². The van der Waals surface area contributed by atoms with Gasteiger partial charge in [0.15, 0.2) is 0 Å². The van der Waals surface area contributed by atoms with E-state index in [1.165, 1.54) is 0 Å². The standard InChI is InChI=1S/C11H12N2O.C2H6/c1-3-14-10-6-4-5-9-11(10)8(2)12-7-13-9;1-2/h4-7H,3H2,1-2H3;1-2H3. The van der Waals surface area contributed by atoms with Crippen molar-refractivity contribution in [3.05, 3.63) is 30.2 Å². The molecule has 3 heteroatoms. The number of nitrogens with zero attached hydrogens (tertiary/aromatic N) is 2. The normalized spacial score (nSPS) is 9.50. The van der Waals surface area contributed by atoms with E-state index in [0.29, 0.717) is 6.61 Å². The van der Waals surface area contributed by atoms with Gasteiger partial charge in [-0.15, -0.1) is 0 Å². The molecule has 0 unspecified atom stereocenters. The van der Waals surface area contributed by atoms with Crippen molar-refractivity contribution in [3.63, 3.8) is 0 Å². The first-order valence-electron chi connectivity index (χ1n) is 5.66. The van der Waals surface area contributed by atoms with E-state index < -0.39 is 0 Å². The molecule has 16 heavy (non-hydrogen) atoms. The Hall–Kier alpha value is -1.64. The topological polar surface area (TPSA) is 35.0 Å². The van der Waals surface area contributed by atoms with Crippen molar-refractivity contribution in [2.45, 2.75) is 27.7 Å². The second-order valence-electron chi connectivity index (χ2n) is 3.04. The lowest BCUT2D eigenvalue weighted by Crippen LogP contribution is -1.95. The minimum atomic E-state index is 0.660. The molecule has 1 aromatic carbocycles. The van der Waals surface area contributed by atoms with Crippen molar-refractivity contribution in [2.24, 2.45) is 0 Å². The van der Waals surface area contributed by atoms with E-state index in [1.807, 2.05) is 45.9 Å². The number of benzene rings is 1. The summed E-state index contributed by atoms with van der Waals surface area (Å²) in [5, 5.41) is 1.01. The molecule has 86 valence electrons. The molecule has 0 saturated carbocycles. The number of rotatable bonds is 2. The van der Waals surface area contributed by atoms with Crippen molar-refractivity contribution in [2.75, 3.05) is 6.61 Å². The molecular weight excluding hydrogens is 200 g/mol. The Morgan fingerprint density at radius 2 is 1.94 bits per heavy atom. The van der Waals surface area contributed by atoms with Crippen LogP contribution in [0.5, 0.6) is 5.75 Å². The first-order chi connectivity index (χ1) is 7.83. The van der Waals surface area contributed by atoms with Gasteiger partial charge >= 0.3 is 0 Å². The van der Waals surface area contributed by atoms with Crippen LogP contribution in [0, 0.1) is 6.92 Å². The SMILES string of the molecule is CC.CCOc1cccc2ncnc(C)c12. The second-order valence-corrected chi connectivity index (χ2v) is 3.04. The molecule has 2 rings (SSSR count). The van der Waals surface area contributed by atoms with Crippen molar-refractivity contribution in [1.29, 1.82) is 0 Å². The van der Waals surface area contributed by atoms with E-state index in [-0.39, 0.29) is 0 Å². The third-order valence-corrected chi connectivity index (χ3v) is 2.11. The zero-order chi connectivity index (χ0) is 12.0. The highest BCUT2D eigenvalue weighted by Gasteiger charge is 2.05. The fourth-order valence-corrected chi connectivity index (χ4v) is 1.51. The maximum atomic E-state index is 5.52. The third kappa shape index (κ3) is 2.48. The fraction of sp³-hybridized carbons (Fsp3) is 0.385. The summed E-state index contributed by atoms with van der Waals surface area (Å²) in [7, 11) is 0. The van der Waals surface area contributed by atoms with Crippen molar-refractivity contribution >= 4 is 10.9 Å². The largest absolute Gasteiger partial charge is 0.493 e. The molecule has 0 N–H and O–H groups in total. The Balaban J connectivity index is 0.000000606. The third-order valence-electron chi connectivity index (χ3n) is 2.11. The molecule has 1 aromatic heterocycles. The summed E-state index contributed by atoms with van der Waals surface area (Å²) >= 11 is 0. The molecule has 0 spiro atoms. The summed E-state index contributed by atoms with van der Waals surface area (Å²) in [6.45, 7) is 8.60. The summed E-state index contributed by atoms with van der Waals surface area (Å²) in [4.78, 5) is 8.35. The van der Waals surface area contributed by atoms with E-state index in [4.69, 9.17) is 4.74 Å². The van der Waals surface area contributed by atoms with Crippen LogP contribution in [-0.2, 0) is 0 Å². The van der Waals surface area contributed by atoms with Gasteiger partial charge in [-0.3, -0.25) is 0 Å². The van der Waals surface area contributed by atoms with Gasteiger partial charge in [0.1, 0.15) is 12.1 Å². The van der Waals surface area contributed by atoms with Crippen LogP contribution in [0.25, 0.3) is 10.9 Å². The number of hydrogen-bond acceptors (Lipinski definition) is 3. The summed E-state index contributed by atoms with van der Waals surface area (Å²) in [5.41, 5.74) is 1.89. The molecule has 0 aliphatic carbocycles. The molecule has 1 heterocycles. The Morgan fingerprint density at radius 3 is 2.62 bits per heavy atom.